The molecule has 1 aliphatic rings. The van der Waals surface area contributed by atoms with E-state index in [0.29, 0.717) is 22.0 Å². The van der Waals surface area contributed by atoms with Crippen LogP contribution in [0.4, 0.5) is 24.5 Å². The van der Waals surface area contributed by atoms with Gasteiger partial charge < -0.3 is 15.1 Å². The number of hydrogen-bond donors (Lipinski definition) is 2. The van der Waals surface area contributed by atoms with Crippen molar-refractivity contribution >= 4 is 35.0 Å². The lowest BCUT2D eigenvalue weighted by molar-refractivity contribution is -0.137. The quantitative estimate of drug-likeness (QED) is 0.610. The molecule has 1 aliphatic heterocycles. The number of nitrogens with zero attached hydrogens (tertiary/aromatic N) is 2. The number of carbonyl (C=O) groups excluding carboxylic acids is 2. The van der Waals surface area contributed by atoms with Crippen molar-refractivity contribution in [2.45, 2.75) is 29.7 Å². The molecule has 2 aromatic carbocycles. The van der Waals surface area contributed by atoms with E-state index in [2.05, 4.69) is 20.8 Å². The van der Waals surface area contributed by atoms with Gasteiger partial charge in [-0.05, 0) is 42.8 Å². The Balaban J connectivity index is 1.46. The van der Waals surface area contributed by atoms with Crippen LogP contribution in [-0.2, 0) is 15.8 Å². The lowest BCUT2D eigenvalue weighted by Crippen LogP contribution is -2.32. The summed E-state index contributed by atoms with van der Waals surface area (Å²) in [5.41, 5.74) is 1.18. The van der Waals surface area contributed by atoms with Crippen LogP contribution >= 0.6 is 11.8 Å². The maximum Gasteiger partial charge on any atom is 0.416 e. The summed E-state index contributed by atoms with van der Waals surface area (Å²) in [7, 11) is 0. The smallest absolute Gasteiger partial charge is 0.416 e. The maximum atomic E-state index is 12.9. The SMILES string of the molecule is Cc1ccc(-c2nnco2)cc1NC(=O)C[C@@H]1Sc2ccc(C(F)(F)F)cc2NC1=O. The van der Waals surface area contributed by atoms with Crippen LogP contribution in [0.15, 0.2) is 52.1 Å². The van der Waals surface area contributed by atoms with E-state index >= 15 is 0 Å². The van der Waals surface area contributed by atoms with Crippen molar-refractivity contribution in [3.8, 4) is 11.5 Å². The van der Waals surface area contributed by atoms with Crippen LogP contribution in [-0.4, -0.2) is 27.3 Å². The minimum Gasteiger partial charge on any atom is -0.423 e. The number of rotatable bonds is 4. The summed E-state index contributed by atoms with van der Waals surface area (Å²) in [6.45, 7) is 1.81. The Kier molecular flexibility index (Phi) is 5.44. The van der Waals surface area contributed by atoms with Crippen molar-refractivity contribution < 1.29 is 27.2 Å². The molecule has 2 N–H and O–H groups in total. The first kappa shape index (κ1) is 20.9. The summed E-state index contributed by atoms with van der Waals surface area (Å²) in [6, 6.07) is 8.38. The van der Waals surface area contributed by atoms with Crippen LogP contribution in [0.1, 0.15) is 17.5 Å². The van der Waals surface area contributed by atoms with Gasteiger partial charge in [0.25, 0.3) is 0 Å². The monoisotopic (exact) mass is 448 g/mol. The van der Waals surface area contributed by atoms with Gasteiger partial charge in [-0.15, -0.1) is 22.0 Å². The molecular formula is C20H15F3N4O3S. The predicted molar refractivity (Wildman–Crippen MR) is 107 cm³/mol. The highest BCUT2D eigenvalue weighted by Gasteiger charge is 2.34. The van der Waals surface area contributed by atoms with Gasteiger partial charge in [0, 0.05) is 22.6 Å². The van der Waals surface area contributed by atoms with Crippen LogP contribution < -0.4 is 10.6 Å². The van der Waals surface area contributed by atoms with E-state index in [-0.39, 0.29) is 12.1 Å². The molecule has 1 atom stereocenters. The summed E-state index contributed by atoms with van der Waals surface area (Å²) in [4.78, 5) is 25.4. The Morgan fingerprint density at radius 2 is 2.06 bits per heavy atom. The van der Waals surface area contributed by atoms with Gasteiger partial charge in [-0.25, -0.2) is 0 Å². The fraction of sp³-hybridized carbons (Fsp3) is 0.200. The number of halogens is 3. The second-order valence-electron chi connectivity index (χ2n) is 6.83. The normalized spacial score (nSPS) is 15.9. The first-order valence-corrected chi connectivity index (χ1v) is 9.94. The molecular weight excluding hydrogens is 433 g/mol. The van der Waals surface area contributed by atoms with Gasteiger partial charge in [0.15, 0.2) is 0 Å². The van der Waals surface area contributed by atoms with Crippen molar-refractivity contribution in [3.05, 3.63) is 53.9 Å². The van der Waals surface area contributed by atoms with E-state index in [1.807, 2.05) is 6.92 Å². The summed E-state index contributed by atoms with van der Waals surface area (Å²) < 4.78 is 43.8. The molecule has 0 bridgehead atoms. The molecule has 0 saturated carbocycles. The molecule has 3 aromatic rings. The second-order valence-corrected chi connectivity index (χ2v) is 8.07. The number of benzene rings is 2. The zero-order valence-electron chi connectivity index (χ0n) is 16.0. The van der Waals surface area contributed by atoms with Gasteiger partial charge in [0.2, 0.25) is 24.1 Å². The minimum absolute atomic E-state index is 0.0876. The van der Waals surface area contributed by atoms with E-state index < -0.39 is 28.8 Å². The van der Waals surface area contributed by atoms with Crippen molar-refractivity contribution in [1.29, 1.82) is 0 Å². The second kappa shape index (κ2) is 8.06. The van der Waals surface area contributed by atoms with Crippen LogP contribution in [0.5, 0.6) is 0 Å². The molecule has 7 nitrogen and oxygen atoms in total. The third-order valence-corrected chi connectivity index (χ3v) is 5.89. The predicted octanol–water partition coefficient (Wildman–Crippen LogP) is 4.51. The lowest BCUT2D eigenvalue weighted by atomic mass is 10.1. The molecule has 1 aromatic heterocycles. The van der Waals surface area contributed by atoms with E-state index in [0.717, 1.165) is 29.5 Å². The number of hydrogen-bond acceptors (Lipinski definition) is 6. The molecule has 0 fully saturated rings. The highest BCUT2D eigenvalue weighted by molar-refractivity contribution is 8.01. The van der Waals surface area contributed by atoms with Crippen LogP contribution in [0.2, 0.25) is 0 Å². The molecule has 0 aliphatic carbocycles. The first-order valence-electron chi connectivity index (χ1n) is 9.06. The third-order valence-electron chi connectivity index (χ3n) is 4.62. The summed E-state index contributed by atoms with van der Waals surface area (Å²) >= 11 is 1.06. The van der Waals surface area contributed by atoms with Crippen molar-refractivity contribution in [1.82, 2.24) is 10.2 Å². The Bertz CT molecular complexity index is 1150. The Hall–Kier alpha value is -3.34. The van der Waals surface area contributed by atoms with Crippen LogP contribution in [0.3, 0.4) is 0 Å². The minimum atomic E-state index is -4.51. The van der Waals surface area contributed by atoms with E-state index in [1.165, 1.54) is 12.5 Å². The number of alkyl halides is 3. The zero-order valence-corrected chi connectivity index (χ0v) is 16.8. The molecule has 31 heavy (non-hydrogen) atoms. The van der Waals surface area contributed by atoms with Crippen molar-refractivity contribution in [3.63, 3.8) is 0 Å². The molecule has 160 valence electrons. The molecule has 4 rings (SSSR count). The molecule has 0 saturated heterocycles. The number of aromatic nitrogens is 2. The lowest BCUT2D eigenvalue weighted by Gasteiger charge is -2.24. The average Bonchev–Trinajstić information content (AvgIpc) is 3.24. The van der Waals surface area contributed by atoms with Gasteiger partial charge in [0.05, 0.1) is 16.5 Å². The number of thioether (sulfide) groups is 1. The largest absolute Gasteiger partial charge is 0.423 e. The van der Waals surface area contributed by atoms with Gasteiger partial charge in [-0.1, -0.05) is 6.07 Å². The van der Waals surface area contributed by atoms with Gasteiger partial charge in [-0.2, -0.15) is 13.2 Å². The molecule has 0 unspecified atom stereocenters. The van der Waals surface area contributed by atoms with E-state index in [1.54, 1.807) is 18.2 Å². The molecule has 0 spiro atoms. The van der Waals surface area contributed by atoms with Gasteiger partial charge >= 0.3 is 6.18 Å². The summed E-state index contributed by atoms with van der Waals surface area (Å²) in [6.07, 6.45) is -3.46. The number of carbonyl (C=O) groups is 2. The summed E-state index contributed by atoms with van der Waals surface area (Å²) in [5, 5.41) is 11.9. The highest BCUT2D eigenvalue weighted by Crippen LogP contribution is 2.40. The third kappa shape index (κ3) is 4.55. The molecule has 2 heterocycles. The topological polar surface area (TPSA) is 97.1 Å². The maximum absolute atomic E-state index is 12.9. The fourth-order valence-electron chi connectivity index (χ4n) is 3.02. The Labute approximate surface area is 178 Å². The average molecular weight is 448 g/mol. The van der Waals surface area contributed by atoms with E-state index in [4.69, 9.17) is 4.42 Å². The first-order chi connectivity index (χ1) is 14.7. The molecule has 2 amide bonds. The van der Waals surface area contributed by atoms with E-state index in [9.17, 15) is 22.8 Å². The molecule has 11 heteroatoms. The van der Waals surface area contributed by atoms with Crippen molar-refractivity contribution in [2.24, 2.45) is 0 Å². The van der Waals surface area contributed by atoms with Gasteiger partial charge in [-0.3, -0.25) is 9.59 Å². The van der Waals surface area contributed by atoms with Crippen LogP contribution in [0.25, 0.3) is 11.5 Å². The number of anilines is 2. The zero-order chi connectivity index (χ0) is 22.2. The number of amides is 2. The summed E-state index contributed by atoms with van der Waals surface area (Å²) in [5.74, 6) is -0.635. The number of fused-ring (bicyclic) bond motifs is 1. The standard InChI is InChI=1S/C20H15F3N4O3S/c1-10-2-3-11(19-27-24-9-30-19)6-13(10)25-17(28)8-16-18(29)26-14-7-12(20(21,22)23)4-5-15(14)31-16/h2-7,9,16H,8H2,1H3,(H,25,28)(H,26,29)/t16-/m0/s1. The Morgan fingerprint density at radius 1 is 1.26 bits per heavy atom. The van der Waals surface area contributed by atoms with Crippen LogP contribution in [0, 0.1) is 6.92 Å². The molecule has 0 radical (unpaired) electrons. The number of aryl methyl sites for hydroxylation is 1. The van der Waals surface area contributed by atoms with Crippen molar-refractivity contribution in [2.75, 3.05) is 10.6 Å². The number of nitrogens with one attached hydrogen (secondary N) is 2. The Morgan fingerprint density at radius 3 is 2.77 bits per heavy atom. The fourth-order valence-corrected chi connectivity index (χ4v) is 4.11. The van der Waals surface area contributed by atoms with Gasteiger partial charge in [0.1, 0.15) is 0 Å². The highest BCUT2D eigenvalue weighted by atomic mass is 32.2.